The van der Waals surface area contributed by atoms with Crippen LogP contribution in [0.5, 0.6) is 0 Å². The molecule has 0 atom stereocenters. The first-order valence-electron chi connectivity index (χ1n) is 46.5. The Labute approximate surface area is 783 Å². The van der Waals surface area contributed by atoms with Crippen LogP contribution in [-0.2, 0) is 0 Å². The molecule has 0 saturated carbocycles. The van der Waals surface area contributed by atoms with Crippen molar-refractivity contribution >= 4 is 187 Å². The summed E-state index contributed by atoms with van der Waals surface area (Å²) in [5.41, 5.74) is 33.3. The minimum absolute atomic E-state index is 0.899. The van der Waals surface area contributed by atoms with Gasteiger partial charge in [-0.15, -0.1) is 0 Å². The van der Waals surface area contributed by atoms with E-state index < -0.39 is 0 Å². The Hall–Kier alpha value is -18.2. The van der Waals surface area contributed by atoms with Crippen molar-refractivity contribution in [3.8, 4) is 67.3 Å². The summed E-state index contributed by atoms with van der Waals surface area (Å²) in [6, 6.07) is 180. The third-order valence-corrected chi connectivity index (χ3v) is 27.8. The topological polar surface area (TPSA) is 52.5 Å². The highest BCUT2D eigenvalue weighted by Gasteiger charge is 2.25. The van der Waals surface area contributed by atoms with Gasteiger partial charge >= 0.3 is 0 Å². The van der Waals surface area contributed by atoms with Crippen LogP contribution >= 0.6 is 0 Å². The number of aromatic nitrogens is 4. The normalized spacial score (nSPS) is 11.8. The molecule has 0 unspecified atom stereocenters. The van der Waals surface area contributed by atoms with Gasteiger partial charge in [0.1, 0.15) is 22.3 Å². The molecule has 6 heterocycles. The highest BCUT2D eigenvalue weighted by atomic mass is 16.3. The fourth-order valence-corrected chi connectivity index (χ4v) is 21.6. The standard InChI is InChI=1S/2C64H41N3O/c1-2-13-47(14-3-1)66-61-23-10-6-17-55(61)58-41-46(31-38-62(58)66)42-25-32-48(33-26-42)65(49-34-27-43(28-35-49)52-19-12-20-57-56-18-7-11-24-63(56)68-64(52)57)50-36-29-45-40-51(37-30-44(45)39-50)67-59-21-8-4-15-53(59)54-16-5-9-22-60(54)67;1-2-15-44(16-3-1)66-60-27-12-8-21-54(60)57-41-43(31-39-62(57)66)48-38-40-61(51-18-5-4-17-50(48)51)65(45-32-29-42(30-33-45)49-23-14-24-56-55-22-9-13-28-63(55)68-64(49)56)46-34-36-47(37-35-46)67-58-25-10-6-19-52(58)53-20-7-11-26-59(53)67/h2*1-41H. The fraction of sp³-hybridized carbons (Fsp3) is 0. The van der Waals surface area contributed by atoms with Gasteiger partial charge in [-0.2, -0.15) is 0 Å². The van der Waals surface area contributed by atoms with E-state index in [1.165, 1.54) is 125 Å². The lowest BCUT2D eigenvalue weighted by Gasteiger charge is -2.28. The Morgan fingerprint density at radius 3 is 0.941 bits per heavy atom. The molecule has 0 spiro atoms. The average Bonchev–Trinajstić information content (AvgIpc) is 1.44. The van der Waals surface area contributed by atoms with E-state index in [1.807, 2.05) is 24.3 Å². The molecule has 0 amide bonds. The monoisotopic (exact) mass is 1730 g/mol. The van der Waals surface area contributed by atoms with Crippen molar-refractivity contribution in [2.45, 2.75) is 0 Å². The van der Waals surface area contributed by atoms with Crippen LogP contribution in [0.3, 0.4) is 0 Å². The van der Waals surface area contributed by atoms with E-state index in [0.29, 0.717) is 0 Å². The zero-order valence-electron chi connectivity index (χ0n) is 73.8. The molecule has 8 nitrogen and oxygen atoms in total. The summed E-state index contributed by atoms with van der Waals surface area (Å²) in [6.07, 6.45) is 0. The summed E-state index contributed by atoms with van der Waals surface area (Å²) in [4.78, 5) is 4.77. The van der Waals surface area contributed by atoms with Crippen molar-refractivity contribution in [2.24, 2.45) is 0 Å². The molecule has 6 aromatic heterocycles. The maximum atomic E-state index is 6.50. The third kappa shape index (κ3) is 12.8. The largest absolute Gasteiger partial charge is 0.455 e. The molecule has 136 heavy (non-hydrogen) atoms. The van der Waals surface area contributed by atoms with Gasteiger partial charge in [0.05, 0.1) is 49.8 Å². The number of benzene rings is 22. The quantitative estimate of drug-likeness (QED) is 0.109. The number of furan rings is 2. The lowest BCUT2D eigenvalue weighted by atomic mass is 9.95. The van der Waals surface area contributed by atoms with Crippen LogP contribution < -0.4 is 9.80 Å². The van der Waals surface area contributed by atoms with Crippen molar-refractivity contribution in [2.75, 3.05) is 9.80 Å². The zero-order valence-corrected chi connectivity index (χ0v) is 73.8. The second kappa shape index (κ2) is 31.8. The van der Waals surface area contributed by atoms with Gasteiger partial charge in [0, 0.05) is 132 Å². The van der Waals surface area contributed by atoms with Gasteiger partial charge in [0.25, 0.3) is 0 Å². The summed E-state index contributed by atoms with van der Waals surface area (Å²) in [5, 5.41) is 19.2. The van der Waals surface area contributed by atoms with Crippen molar-refractivity contribution < 1.29 is 8.83 Å². The Kier molecular flexibility index (Phi) is 18.2. The molecule has 28 aromatic rings. The SMILES string of the molecule is c1ccc(-n2c3ccccc3c3cc(-c4ccc(N(c5ccc(-c6cccc7c6oc6ccccc67)cc5)c5ccc(-n6c7ccccc7c7ccccc76)cc5)c5ccccc45)ccc32)cc1.c1ccc(-n2c3ccccc3c3cc(-c4ccc(N(c5ccc(-c6cccc7c6oc6ccccc67)cc5)c5ccc6cc(-n7c8ccccc8c8ccccc87)ccc6c5)cc4)ccc32)cc1. The van der Waals surface area contributed by atoms with Gasteiger partial charge < -0.3 is 36.9 Å². The fourth-order valence-electron chi connectivity index (χ4n) is 21.6. The molecule has 0 saturated heterocycles. The second-order valence-electron chi connectivity index (χ2n) is 35.4. The molecule has 0 N–H and O–H groups in total. The highest BCUT2D eigenvalue weighted by molar-refractivity contribution is 6.17. The summed E-state index contributed by atoms with van der Waals surface area (Å²) in [5.74, 6) is 0. The number of hydrogen-bond acceptors (Lipinski definition) is 4. The number of hydrogen-bond donors (Lipinski definition) is 0. The van der Waals surface area contributed by atoms with E-state index in [0.717, 1.165) is 129 Å². The number of para-hydroxylation sites is 12. The van der Waals surface area contributed by atoms with E-state index in [1.54, 1.807) is 0 Å². The predicted octanol–water partition coefficient (Wildman–Crippen LogP) is 35.5. The van der Waals surface area contributed by atoms with Crippen LogP contribution in [0.2, 0.25) is 0 Å². The smallest absolute Gasteiger partial charge is 0.143 e. The van der Waals surface area contributed by atoms with E-state index in [9.17, 15) is 0 Å². The lowest BCUT2D eigenvalue weighted by Crippen LogP contribution is -2.11. The summed E-state index contributed by atoms with van der Waals surface area (Å²) < 4.78 is 22.5. The Morgan fingerprint density at radius 1 is 0.154 bits per heavy atom. The van der Waals surface area contributed by atoms with Crippen LogP contribution in [0.15, 0.2) is 506 Å². The van der Waals surface area contributed by atoms with Gasteiger partial charge in [-0.05, 0) is 238 Å². The molecular formula is C128H82N6O2. The van der Waals surface area contributed by atoms with Crippen LogP contribution in [0, 0.1) is 0 Å². The Balaban J connectivity index is 0.000000138. The van der Waals surface area contributed by atoms with Crippen LogP contribution in [0.1, 0.15) is 0 Å². The maximum absolute atomic E-state index is 6.50. The van der Waals surface area contributed by atoms with Gasteiger partial charge in [0.15, 0.2) is 0 Å². The second-order valence-corrected chi connectivity index (χ2v) is 35.4. The number of anilines is 6. The molecule has 0 bridgehead atoms. The van der Waals surface area contributed by atoms with Crippen LogP contribution in [0.4, 0.5) is 34.1 Å². The Bertz CT molecular complexity index is 9510. The molecule has 0 radical (unpaired) electrons. The maximum Gasteiger partial charge on any atom is 0.143 e. The molecule has 28 rings (SSSR count). The summed E-state index contributed by atoms with van der Waals surface area (Å²) in [6.45, 7) is 0. The van der Waals surface area contributed by atoms with Crippen molar-refractivity contribution in [1.82, 2.24) is 18.3 Å². The highest BCUT2D eigenvalue weighted by Crippen LogP contribution is 2.49. The predicted molar refractivity (Wildman–Crippen MR) is 571 cm³/mol. The van der Waals surface area contributed by atoms with Gasteiger partial charge in [-0.3, -0.25) is 0 Å². The van der Waals surface area contributed by atoms with Gasteiger partial charge in [-0.1, -0.05) is 309 Å². The van der Waals surface area contributed by atoms with E-state index >= 15 is 0 Å². The lowest BCUT2D eigenvalue weighted by molar-refractivity contribution is 0.669. The molecule has 0 aliphatic rings. The summed E-state index contributed by atoms with van der Waals surface area (Å²) in [7, 11) is 0. The van der Waals surface area contributed by atoms with Crippen molar-refractivity contribution in [1.29, 1.82) is 0 Å². The Morgan fingerprint density at radius 2 is 0.471 bits per heavy atom. The minimum atomic E-state index is 0.899. The van der Waals surface area contributed by atoms with Crippen molar-refractivity contribution in [3.05, 3.63) is 497 Å². The number of rotatable bonds is 14. The summed E-state index contributed by atoms with van der Waals surface area (Å²) >= 11 is 0. The first-order valence-corrected chi connectivity index (χ1v) is 46.5. The molecule has 0 fully saturated rings. The van der Waals surface area contributed by atoms with Crippen LogP contribution in [-0.4, -0.2) is 18.3 Å². The van der Waals surface area contributed by atoms with Crippen molar-refractivity contribution in [3.63, 3.8) is 0 Å². The first-order chi connectivity index (χ1) is 67.5. The van der Waals surface area contributed by atoms with E-state index in [4.69, 9.17) is 8.83 Å². The number of nitrogens with zero attached hydrogens (tertiary/aromatic N) is 6. The van der Waals surface area contributed by atoms with E-state index in [2.05, 4.69) is 501 Å². The zero-order chi connectivity index (χ0) is 89.4. The third-order valence-electron chi connectivity index (χ3n) is 27.8. The number of fused-ring (bicyclic) bond motifs is 20. The molecule has 636 valence electrons. The first kappa shape index (κ1) is 77.7. The minimum Gasteiger partial charge on any atom is -0.455 e. The molecule has 22 aromatic carbocycles. The molecular weight excluding hydrogens is 1650 g/mol. The average molecular weight is 1740 g/mol. The van der Waals surface area contributed by atoms with Gasteiger partial charge in [-0.25, -0.2) is 0 Å². The molecule has 0 aliphatic carbocycles. The van der Waals surface area contributed by atoms with Gasteiger partial charge in [0.2, 0.25) is 0 Å². The van der Waals surface area contributed by atoms with E-state index in [-0.39, 0.29) is 0 Å². The van der Waals surface area contributed by atoms with Crippen LogP contribution in [0.25, 0.3) is 220 Å². The molecule has 8 heteroatoms. The molecule has 0 aliphatic heterocycles.